The van der Waals surface area contributed by atoms with Gasteiger partial charge in [-0.3, -0.25) is 0 Å². The lowest BCUT2D eigenvalue weighted by Gasteiger charge is -2.20. The molecule has 106 valence electrons. The second-order valence-corrected chi connectivity index (χ2v) is 6.57. The van der Waals surface area contributed by atoms with Crippen molar-refractivity contribution in [3.05, 3.63) is 96.1 Å². The second kappa shape index (κ2) is 4.58. The van der Waals surface area contributed by atoms with Crippen LogP contribution in [0.15, 0.2) is 85.0 Å². The molecule has 2 aromatic rings. The van der Waals surface area contributed by atoms with Gasteiger partial charge in [-0.15, -0.1) is 0 Å². The van der Waals surface area contributed by atoms with E-state index in [0.717, 1.165) is 5.92 Å². The molecule has 4 aliphatic rings. The summed E-state index contributed by atoms with van der Waals surface area (Å²) in [4.78, 5) is 0. The van der Waals surface area contributed by atoms with Crippen molar-refractivity contribution in [3.8, 4) is 0 Å². The van der Waals surface area contributed by atoms with E-state index in [0.29, 0.717) is 17.8 Å². The van der Waals surface area contributed by atoms with Gasteiger partial charge in [-0.05, 0) is 40.0 Å². The van der Waals surface area contributed by atoms with Crippen LogP contribution in [0, 0.1) is 23.7 Å². The van der Waals surface area contributed by atoms with E-state index in [1.165, 1.54) is 22.3 Å². The molecule has 0 aromatic heterocycles. The van der Waals surface area contributed by atoms with Crippen LogP contribution in [0.3, 0.4) is 0 Å². The summed E-state index contributed by atoms with van der Waals surface area (Å²) < 4.78 is 0. The highest BCUT2D eigenvalue weighted by Crippen LogP contribution is 2.58. The Balaban J connectivity index is 1.68. The molecule has 6 rings (SSSR count). The lowest BCUT2D eigenvalue weighted by Crippen LogP contribution is -2.03. The second-order valence-electron chi connectivity index (χ2n) is 6.57. The molecule has 1 fully saturated rings. The van der Waals surface area contributed by atoms with Crippen LogP contribution in [0.4, 0.5) is 0 Å². The molecule has 0 radical (unpaired) electrons. The van der Waals surface area contributed by atoms with Gasteiger partial charge in [0.2, 0.25) is 0 Å². The quantitative estimate of drug-likeness (QED) is 0.663. The van der Waals surface area contributed by atoms with Crippen molar-refractivity contribution >= 4 is 11.1 Å². The molecule has 0 nitrogen and oxygen atoms in total. The van der Waals surface area contributed by atoms with E-state index >= 15 is 0 Å². The zero-order valence-corrected chi connectivity index (χ0v) is 12.4. The summed E-state index contributed by atoms with van der Waals surface area (Å²) in [5.41, 5.74) is 5.71. The van der Waals surface area contributed by atoms with E-state index < -0.39 is 0 Å². The zero-order valence-electron chi connectivity index (χ0n) is 12.4. The number of benzene rings is 2. The van der Waals surface area contributed by atoms with E-state index in [-0.39, 0.29) is 0 Å². The Kier molecular flexibility index (Phi) is 2.54. The minimum Gasteiger partial charge on any atom is -0.0833 e. The fraction of sp³-hybridized carbons (Fsp3) is 0.182. The summed E-state index contributed by atoms with van der Waals surface area (Å²) in [5, 5.41) is 0. The molecule has 1 saturated carbocycles. The first kappa shape index (κ1) is 12.2. The smallest absolute Gasteiger partial charge is 0.0275 e. The summed E-state index contributed by atoms with van der Waals surface area (Å²) in [6.45, 7) is 0. The van der Waals surface area contributed by atoms with Crippen molar-refractivity contribution in [2.75, 3.05) is 0 Å². The Hall–Kier alpha value is -2.34. The van der Waals surface area contributed by atoms with Crippen molar-refractivity contribution in [2.24, 2.45) is 23.7 Å². The van der Waals surface area contributed by atoms with Crippen molar-refractivity contribution in [3.63, 3.8) is 0 Å². The van der Waals surface area contributed by atoms with Crippen molar-refractivity contribution in [1.29, 1.82) is 0 Å². The van der Waals surface area contributed by atoms with Crippen molar-refractivity contribution in [1.82, 2.24) is 0 Å². The van der Waals surface area contributed by atoms with Gasteiger partial charge in [0.15, 0.2) is 0 Å². The van der Waals surface area contributed by atoms with Gasteiger partial charge in [-0.25, -0.2) is 0 Å². The van der Waals surface area contributed by atoms with E-state index in [1.807, 2.05) is 0 Å². The number of allylic oxidation sites excluding steroid dienone is 6. The van der Waals surface area contributed by atoms with Gasteiger partial charge < -0.3 is 0 Å². The summed E-state index contributed by atoms with van der Waals surface area (Å²) >= 11 is 0. The van der Waals surface area contributed by atoms with E-state index in [1.54, 1.807) is 0 Å². The van der Waals surface area contributed by atoms with Crippen LogP contribution in [0.2, 0.25) is 0 Å². The standard InChI is InChI=1S/C22H18/c1-3-7-15(8-4-1)19-13-21-18-12-11-17(19)20(14-22(18)21)16-9-5-2-6-10-16/h1-14,17-18,21-22H/t17?,18?,21-,22+. The highest BCUT2D eigenvalue weighted by Gasteiger charge is 2.49. The lowest BCUT2D eigenvalue weighted by molar-refractivity contribution is 1.00. The van der Waals surface area contributed by atoms with Crippen LogP contribution < -0.4 is 0 Å². The average molecular weight is 282 g/mol. The molecule has 4 bridgehead atoms. The van der Waals surface area contributed by atoms with Crippen LogP contribution >= 0.6 is 0 Å². The molecule has 0 aliphatic heterocycles. The average Bonchev–Trinajstić information content (AvgIpc) is 3.32. The Morgan fingerprint density at radius 1 is 0.500 bits per heavy atom. The SMILES string of the molecule is C1=CC2[C@H]3C=C(c4ccccc4)C1C(c1ccccc1)=C[C@@H]23. The van der Waals surface area contributed by atoms with Gasteiger partial charge in [0.05, 0.1) is 0 Å². The van der Waals surface area contributed by atoms with Crippen molar-refractivity contribution in [2.45, 2.75) is 0 Å². The molecular formula is C22H18. The van der Waals surface area contributed by atoms with Crippen LogP contribution in [0.25, 0.3) is 11.1 Å². The van der Waals surface area contributed by atoms with Gasteiger partial charge in [-0.2, -0.15) is 0 Å². The first-order valence-electron chi connectivity index (χ1n) is 8.14. The fourth-order valence-electron chi connectivity index (χ4n) is 4.14. The topological polar surface area (TPSA) is 0 Å². The number of rotatable bonds is 2. The minimum absolute atomic E-state index is 0.393. The summed E-state index contributed by atoms with van der Waals surface area (Å²) in [7, 11) is 0. The lowest BCUT2D eigenvalue weighted by atomic mass is 9.83. The van der Waals surface area contributed by atoms with Gasteiger partial charge in [0.25, 0.3) is 0 Å². The number of hydrogen-bond donors (Lipinski definition) is 0. The molecule has 4 atom stereocenters. The molecule has 0 N–H and O–H groups in total. The third-order valence-electron chi connectivity index (χ3n) is 5.35. The summed E-state index contributed by atoms with van der Waals surface area (Å²) in [6.07, 6.45) is 9.98. The predicted molar refractivity (Wildman–Crippen MR) is 91.9 cm³/mol. The minimum atomic E-state index is 0.393. The summed E-state index contributed by atoms with van der Waals surface area (Å²) in [5.74, 6) is 2.53. The Morgan fingerprint density at radius 2 is 1.00 bits per heavy atom. The van der Waals surface area contributed by atoms with E-state index in [9.17, 15) is 0 Å². The van der Waals surface area contributed by atoms with Gasteiger partial charge in [0.1, 0.15) is 0 Å². The molecule has 4 aliphatic carbocycles. The Labute approximate surface area is 131 Å². The van der Waals surface area contributed by atoms with E-state index in [2.05, 4.69) is 85.0 Å². The van der Waals surface area contributed by atoms with Crippen LogP contribution in [-0.2, 0) is 0 Å². The maximum Gasteiger partial charge on any atom is 0.0275 e. The maximum atomic E-state index is 2.54. The molecule has 0 spiro atoms. The van der Waals surface area contributed by atoms with Crippen LogP contribution in [-0.4, -0.2) is 0 Å². The fourth-order valence-corrected chi connectivity index (χ4v) is 4.14. The molecule has 22 heavy (non-hydrogen) atoms. The zero-order chi connectivity index (χ0) is 14.5. The molecule has 0 heterocycles. The molecule has 0 saturated heterocycles. The monoisotopic (exact) mass is 282 g/mol. The summed E-state index contributed by atoms with van der Waals surface area (Å²) in [6, 6.07) is 21.8. The van der Waals surface area contributed by atoms with Crippen molar-refractivity contribution < 1.29 is 0 Å². The maximum absolute atomic E-state index is 2.54. The van der Waals surface area contributed by atoms with Gasteiger partial charge in [0, 0.05) is 5.92 Å². The highest BCUT2D eigenvalue weighted by atomic mass is 14.5. The first-order chi connectivity index (χ1) is 10.9. The normalized spacial score (nSPS) is 31.1. The van der Waals surface area contributed by atoms with Gasteiger partial charge >= 0.3 is 0 Å². The first-order valence-corrected chi connectivity index (χ1v) is 8.14. The Bertz CT molecular complexity index is 729. The molecular weight excluding hydrogens is 264 g/mol. The third-order valence-corrected chi connectivity index (χ3v) is 5.35. The predicted octanol–water partition coefficient (Wildman–Crippen LogP) is 5.22. The third kappa shape index (κ3) is 1.77. The van der Waals surface area contributed by atoms with Gasteiger partial charge in [-0.1, -0.05) is 85.0 Å². The largest absolute Gasteiger partial charge is 0.0833 e. The number of hydrogen-bond acceptors (Lipinski definition) is 0. The molecule has 0 heteroatoms. The molecule has 2 unspecified atom stereocenters. The molecule has 0 amide bonds. The molecule has 2 aromatic carbocycles. The highest BCUT2D eigenvalue weighted by molar-refractivity contribution is 5.87. The van der Waals surface area contributed by atoms with Crippen LogP contribution in [0.5, 0.6) is 0 Å². The van der Waals surface area contributed by atoms with Crippen LogP contribution in [0.1, 0.15) is 11.1 Å². The Morgan fingerprint density at radius 3 is 1.50 bits per heavy atom. The van der Waals surface area contributed by atoms with E-state index in [4.69, 9.17) is 0 Å².